The average molecular weight is 259 g/mol. The lowest BCUT2D eigenvalue weighted by Gasteiger charge is -2.08. The van der Waals surface area contributed by atoms with E-state index >= 15 is 0 Å². The highest BCUT2D eigenvalue weighted by Gasteiger charge is 2.08. The average Bonchev–Trinajstić information content (AvgIpc) is 2.39. The molecule has 0 amide bonds. The van der Waals surface area contributed by atoms with Crippen molar-refractivity contribution in [2.24, 2.45) is 0 Å². The highest BCUT2D eigenvalue weighted by atomic mass is 16.5. The monoisotopic (exact) mass is 259 g/mol. The number of carboxylic acid groups (broad SMARTS) is 1. The van der Waals surface area contributed by atoms with Gasteiger partial charge in [-0.15, -0.1) is 0 Å². The Morgan fingerprint density at radius 2 is 1.63 bits per heavy atom. The standard InChI is InChI=1S/C14H13NO4/c1-18-9-2-4-10(5-3-9)19-11-6-7-12(14(16)17)13(15)8-11/h2-8H,15H2,1H3,(H,16,17). The van der Waals surface area contributed by atoms with Crippen LogP contribution in [0.2, 0.25) is 0 Å². The molecule has 0 saturated carbocycles. The van der Waals surface area contributed by atoms with Crippen molar-refractivity contribution in [2.75, 3.05) is 12.8 Å². The molecular weight excluding hydrogens is 246 g/mol. The van der Waals surface area contributed by atoms with Crippen LogP contribution >= 0.6 is 0 Å². The second-order valence-corrected chi connectivity index (χ2v) is 3.83. The van der Waals surface area contributed by atoms with Crippen molar-refractivity contribution in [1.29, 1.82) is 0 Å². The minimum atomic E-state index is -1.06. The van der Waals surface area contributed by atoms with E-state index in [1.807, 2.05) is 0 Å². The van der Waals surface area contributed by atoms with Crippen molar-refractivity contribution in [2.45, 2.75) is 0 Å². The topological polar surface area (TPSA) is 81.8 Å². The molecule has 2 aromatic carbocycles. The van der Waals surface area contributed by atoms with Gasteiger partial charge in [-0.05, 0) is 36.4 Å². The number of carboxylic acids is 1. The summed E-state index contributed by atoms with van der Waals surface area (Å²) in [5.41, 5.74) is 5.86. The summed E-state index contributed by atoms with van der Waals surface area (Å²) in [6.45, 7) is 0. The van der Waals surface area contributed by atoms with Crippen LogP contribution in [0.3, 0.4) is 0 Å². The van der Waals surface area contributed by atoms with Crippen LogP contribution in [0.15, 0.2) is 42.5 Å². The van der Waals surface area contributed by atoms with Gasteiger partial charge in [-0.2, -0.15) is 0 Å². The summed E-state index contributed by atoms with van der Waals surface area (Å²) in [6.07, 6.45) is 0. The summed E-state index contributed by atoms with van der Waals surface area (Å²) in [5.74, 6) is 0.762. The van der Waals surface area contributed by atoms with Gasteiger partial charge in [0.05, 0.1) is 12.7 Å². The first kappa shape index (κ1) is 12.8. The molecule has 0 bridgehead atoms. The van der Waals surface area contributed by atoms with E-state index in [1.54, 1.807) is 37.4 Å². The quantitative estimate of drug-likeness (QED) is 0.825. The van der Waals surface area contributed by atoms with Crippen molar-refractivity contribution in [3.8, 4) is 17.2 Å². The first-order valence-corrected chi connectivity index (χ1v) is 5.55. The number of methoxy groups -OCH3 is 1. The molecule has 0 spiro atoms. The third-order valence-corrected chi connectivity index (χ3v) is 2.55. The molecule has 5 heteroatoms. The number of hydrogen-bond donors (Lipinski definition) is 2. The highest BCUT2D eigenvalue weighted by Crippen LogP contribution is 2.26. The van der Waals surface area contributed by atoms with Gasteiger partial charge in [-0.25, -0.2) is 4.79 Å². The van der Waals surface area contributed by atoms with Crippen LogP contribution in [0.5, 0.6) is 17.2 Å². The van der Waals surface area contributed by atoms with Crippen LogP contribution in [-0.4, -0.2) is 18.2 Å². The molecule has 0 heterocycles. The fraction of sp³-hybridized carbons (Fsp3) is 0.0714. The van der Waals surface area contributed by atoms with E-state index in [4.69, 9.17) is 20.3 Å². The van der Waals surface area contributed by atoms with Crippen molar-refractivity contribution < 1.29 is 19.4 Å². The third-order valence-electron chi connectivity index (χ3n) is 2.55. The molecule has 98 valence electrons. The Morgan fingerprint density at radius 1 is 1.05 bits per heavy atom. The van der Waals surface area contributed by atoms with Gasteiger partial charge >= 0.3 is 5.97 Å². The van der Waals surface area contributed by atoms with E-state index in [0.717, 1.165) is 5.75 Å². The molecule has 2 aromatic rings. The largest absolute Gasteiger partial charge is 0.497 e. The molecule has 0 aliphatic heterocycles. The van der Waals surface area contributed by atoms with Crippen molar-refractivity contribution in [3.05, 3.63) is 48.0 Å². The molecule has 0 aliphatic carbocycles. The predicted molar refractivity (Wildman–Crippen MR) is 70.9 cm³/mol. The van der Waals surface area contributed by atoms with Crippen LogP contribution in [0, 0.1) is 0 Å². The van der Waals surface area contributed by atoms with E-state index in [1.165, 1.54) is 12.1 Å². The van der Waals surface area contributed by atoms with Crippen LogP contribution in [0.4, 0.5) is 5.69 Å². The number of nitrogen functional groups attached to an aromatic ring is 1. The summed E-state index contributed by atoms with van der Waals surface area (Å²) in [5, 5.41) is 8.87. The first-order valence-electron chi connectivity index (χ1n) is 5.55. The lowest BCUT2D eigenvalue weighted by atomic mass is 10.2. The zero-order valence-electron chi connectivity index (χ0n) is 10.3. The molecule has 0 unspecified atom stereocenters. The summed E-state index contributed by atoms with van der Waals surface area (Å²) < 4.78 is 10.6. The number of anilines is 1. The number of ether oxygens (including phenoxy) is 2. The number of hydrogen-bond acceptors (Lipinski definition) is 4. The molecular formula is C14H13NO4. The van der Waals surface area contributed by atoms with Gasteiger partial charge in [0.25, 0.3) is 0 Å². The van der Waals surface area contributed by atoms with E-state index in [2.05, 4.69) is 0 Å². The van der Waals surface area contributed by atoms with Gasteiger partial charge in [-0.1, -0.05) is 0 Å². The van der Waals surface area contributed by atoms with Crippen LogP contribution in [0.1, 0.15) is 10.4 Å². The molecule has 0 atom stereocenters. The predicted octanol–water partition coefficient (Wildman–Crippen LogP) is 2.77. The zero-order chi connectivity index (χ0) is 13.8. The minimum Gasteiger partial charge on any atom is -0.497 e. The lowest BCUT2D eigenvalue weighted by molar-refractivity contribution is 0.0698. The third kappa shape index (κ3) is 2.95. The second kappa shape index (κ2) is 5.30. The highest BCUT2D eigenvalue weighted by molar-refractivity contribution is 5.93. The van der Waals surface area contributed by atoms with Gasteiger partial charge < -0.3 is 20.3 Å². The van der Waals surface area contributed by atoms with Crippen LogP contribution in [-0.2, 0) is 0 Å². The smallest absolute Gasteiger partial charge is 0.337 e. The molecule has 0 fully saturated rings. The maximum absolute atomic E-state index is 10.8. The van der Waals surface area contributed by atoms with Gasteiger partial charge in [0.1, 0.15) is 17.2 Å². The molecule has 0 radical (unpaired) electrons. The first-order chi connectivity index (χ1) is 9.10. The minimum absolute atomic E-state index is 0.0575. The van der Waals surface area contributed by atoms with Crippen LogP contribution < -0.4 is 15.2 Å². The van der Waals surface area contributed by atoms with Gasteiger partial charge in [0, 0.05) is 11.8 Å². The van der Waals surface area contributed by atoms with Gasteiger partial charge in [0.2, 0.25) is 0 Å². The zero-order valence-corrected chi connectivity index (χ0v) is 10.3. The molecule has 3 N–H and O–H groups in total. The molecule has 0 aliphatic rings. The molecule has 5 nitrogen and oxygen atoms in total. The van der Waals surface area contributed by atoms with Crippen molar-refractivity contribution in [3.63, 3.8) is 0 Å². The number of nitrogens with two attached hydrogens (primary N) is 1. The van der Waals surface area contributed by atoms with E-state index in [-0.39, 0.29) is 11.3 Å². The Balaban J connectivity index is 2.18. The summed E-state index contributed by atoms with van der Waals surface area (Å²) in [6, 6.07) is 11.5. The Labute approximate surface area is 110 Å². The molecule has 2 rings (SSSR count). The van der Waals surface area contributed by atoms with Crippen molar-refractivity contribution in [1.82, 2.24) is 0 Å². The molecule has 0 saturated heterocycles. The Morgan fingerprint density at radius 3 is 2.16 bits per heavy atom. The van der Waals surface area contributed by atoms with Crippen molar-refractivity contribution >= 4 is 11.7 Å². The van der Waals surface area contributed by atoms with Gasteiger partial charge in [-0.3, -0.25) is 0 Å². The summed E-state index contributed by atoms with van der Waals surface area (Å²) >= 11 is 0. The Bertz CT molecular complexity index is 593. The summed E-state index contributed by atoms with van der Waals surface area (Å²) in [4.78, 5) is 10.8. The number of rotatable bonds is 4. The number of carbonyl (C=O) groups is 1. The molecule has 19 heavy (non-hydrogen) atoms. The van der Waals surface area contributed by atoms with E-state index in [9.17, 15) is 4.79 Å². The van der Waals surface area contributed by atoms with E-state index < -0.39 is 5.97 Å². The van der Waals surface area contributed by atoms with Gasteiger partial charge in [0.15, 0.2) is 0 Å². The molecule has 0 aromatic heterocycles. The Hall–Kier alpha value is -2.69. The van der Waals surface area contributed by atoms with E-state index in [0.29, 0.717) is 11.5 Å². The normalized spacial score (nSPS) is 9.95. The fourth-order valence-electron chi connectivity index (χ4n) is 1.58. The summed E-state index contributed by atoms with van der Waals surface area (Å²) in [7, 11) is 1.58. The number of benzene rings is 2. The maximum atomic E-state index is 10.8. The fourth-order valence-corrected chi connectivity index (χ4v) is 1.58. The lowest BCUT2D eigenvalue weighted by Crippen LogP contribution is -2.02. The van der Waals surface area contributed by atoms with Crippen LogP contribution in [0.25, 0.3) is 0 Å². The maximum Gasteiger partial charge on any atom is 0.337 e. The Kier molecular flexibility index (Phi) is 3.56. The number of aromatic carboxylic acids is 1. The SMILES string of the molecule is COc1ccc(Oc2ccc(C(=O)O)c(N)c2)cc1. The second-order valence-electron chi connectivity index (χ2n) is 3.83.